The molecule has 0 bridgehead atoms. The SMILES string of the molecule is Cc1cc(C)n(-c2ccc(NC(=O)c3cc4cccnn4n3)cc2F)n1. The number of aryl methyl sites for hydroxylation is 2. The molecule has 0 aliphatic rings. The van der Waals surface area contributed by atoms with Crippen LogP contribution in [-0.2, 0) is 0 Å². The summed E-state index contributed by atoms with van der Waals surface area (Å²) in [7, 11) is 0. The zero-order valence-corrected chi connectivity index (χ0v) is 14.1. The van der Waals surface area contributed by atoms with E-state index in [1.54, 1.807) is 36.5 Å². The zero-order valence-electron chi connectivity index (χ0n) is 14.1. The molecule has 0 atom stereocenters. The van der Waals surface area contributed by atoms with Crippen LogP contribution in [0.1, 0.15) is 21.9 Å². The number of halogens is 1. The van der Waals surface area contributed by atoms with Gasteiger partial charge in [-0.25, -0.2) is 9.07 Å². The van der Waals surface area contributed by atoms with Gasteiger partial charge in [0.05, 0.1) is 11.2 Å². The van der Waals surface area contributed by atoms with Crippen LogP contribution in [0.25, 0.3) is 11.2 Å². The van der Waals surface area contributed by atoms with E-state index in [0.29, 0.717) is 16.9 Å². The Balaban J connectivity index is 1.59. The van der Waals surface area contributed by atoms with Crippen LogP contribution in [-0.4, -0.2) is 30.5 Å². The largest absolute Gasteiger partial charge is 0.320 e. The van der Waals surface area contributed by atoms with Crippen LogP contribution in [0, 0.1) is 19.7 Å². The van der Waals surface area contributed by atoms with E-state index in [9.17, 15) is 9.18 Å². The summed E-state index contributed by atoms with van der Waals surface area (Å²) in [6, 6.07) is 11.5. The Morgan fingerprint density at radius 1 is 1.12 bits per heavy atom. The maximum absolute atomic E-state index is 14.5. The third kappa shape index (κ3) is 2.81. The molecule has 26 heavy (non-hydrogen) atoms. The van der Waals surface area contributed by atoms with Crippen LogP contribution in [0.5, 0.6) is 0 Å². The summed E-state index contributed by atoms with van der Waals surface area (Å²) in [5, 5.41) is 15.0. The van der Waals surface area contributed by atoms with E-state index >= 15 is 0 Å². The molecule has 130 valence electrons. The molecule has 7 nitrogen and oxygen atoms in total. The number of anilines is 1. The summed E-state index contributed by atoms with van der Waals surface area (Å²) in [5.74, 6) is -0.917. The molecule has 0 unspecified atom stereocenters. The van der Waals surface area contributed by atoms with Gasteiger partial charge in [0, 0.05) is 17.6 Å². The molecule has 0 spiro atoms. The lowest BCUT2D eigenvalue weighted by Gasteiger charge is -2.08. The molecule has 0 saturated heterocycles. The molecule has 0 aliphatic carbocycles. The molecule has 4 rings (SSSR count). The van der Waals surface area contributed by atoms with Crippen molar-refractivity contribution in [3.63, 3.8) is 0 Å². The molecule has 0 radical (unpaired) electrons. The Hall–Kier alpha value is -3.55. The topological polar surface area (TPSA) is 77.1 Å². The van der Waals surface area contributed by atoms with Crippen molar-refractivity contribution in [2.24, 2.45) is 0 Å². The maximum Gasteiger partial charge on any atom is 0.276 e. The van der Waals surface area contributed by atoms with E-state index in [1.165, 1.54) is 15.4 Å². The molecule has 1 amide bonds. The molecule has 3 heterocycles. The van der Waals surface area contributed by atoms with Crippen molar-refractivity contribution < 1.29 is 9.18 Å². The second-order valence-corrected chi connectivity index (χ2v) is 5.93. The van der Waals surface area contributed by atoms with Gasteiger partial charge in [-0.2, -0.15) is 14.8 Å². The van der Waals surface area contributed by atoms with Gasteiger partial charge in [-0.3, -0.25) is 4.79 Å². The number of benzene rings is 1. The molecular weight excluding hydrogens is 335 g/mol. The lowest BCUT2D eigenvalue weighted by Crippen LogP contribution is -2.13. The quantitative estimate of drug-likeness (QED) is 0.616. The number of amides is 1. The molecule has 0 aliphatic heterocycles. The van der Waals surface area contributed by atoms with Crippen molar-refractivity contribution in [3.8, 4) is 5.69 Å². The van der Waals surface area contributed by atoms with Gasteiger partial charge in [-0.15, -0.1) is 5.10 Å². The minimum Gasteiger partial charge on any atom is -0.320 e. The summed E-state index contributed by atoms with van der Waals surface area (Å²) in [6.07, 6.45) is 1.58. The van der Waals surface area contributed by atoms with Gasteiger partial charge in [-0.1, -0.05) is 0 Å². The van der Waals surface area contributed by atoms with Gasteiger partial charge in [0.15, 0.2) is 11.5 Å². The predicted molar refractivity (Wildman–Crippen MR) is 93.9 cm³/mol. The number of carbonyl (C=O) groups excluding carboxylic acids is 1. The van der Waals surface area contributed by atoms with E-state index in [1.807, 2.05) is 19.9 Å². The van der Waals surface area contributed by atoms with Crippen molar-refractivity contribution >= 4 is 17.1 Å². The van der Waals surface area contributed by atoms with Crippen LogP contribution in [0.2, 0.25) is 0 Å². The lowest BCUT2D eigenvalue weighted by molar-refractivity contribution is 0.102. The summed E-state index contributed by atoms with van der Waals surface area (Å²) in [6.45, 7) is 3.70. The fourth-order valence-corrected chi connectivity index (χ4v) is 2.77. The van der Waals surface area contributed by atoms with E-state index in [-0.39, 0.29) is 5.69 Å². The summed E-state index contributed by atoms with van der Waals surface area (Å²) < 4.78 is 17.4. The maximum atomic E-state index is 14.5. The zero-order chi connectivity index (χ0) is 18.3. The molecule has 0 fully saturated rings. The number of carbonyl (C=O) groups is 1. The Kier molecular flexibility index (Phi) is 3.72. The highest BCUT2D eigenvalue weighted by molar-refractivity contribution is 6.03. The monoisotopic (exact) mass is 350 g/mol. The van der Waals surface area contributed by atoms with Crippen LogP contribution in [0.4, 0.5) is 10.1 Å². The van der Waals surface area contributed by atoms with Gasteiger partial charge < -0.3 is 5.32 Å². The van der Waals surface area contributed by atoms with Crippen molar-refractivity contribution in [1.82, 2.24) is 24.6 Å². The molecule has 0 saturated carbocycles. The van der Waals surface area contributed by atoms with Crippen molar-refractivity contribution in [2.75, 3.05) is 5.32 Å². The molecule has 1 N–H and O–H groups in total. The van der Waals surface area contributed by atoms with Gasteiger partial charge >= 0.3 is 0 Å². The van der Waals surface area contributed by atoms with E-state index in [2.05, 4.69) is 20.6 Å². The fraction of sp³-hybridized carbons (Fsp3) is 0.111. The first kappa shape index (κ1) is 15.9. The van der Waals surface area contributed by atoms with E-state index in [4.69, 9.17) is 0 Å². The Morgan fingerprint density at radius 3 is 2.65 bits per heavy atom. The fourth-order valence-electron chi connectivity index (χ4n) is 2.77. The number of nitrogens with one attached hydrogen (secondary N) is 1. The molecular formula is C18H15FN6O. The van der Waals surface area contributed by atoms with Crippen molar-refractivity contribution in [1.29, 1.82) is 0 Å². The lowest BCUT2D eigenvalue weighted by atomic mass is 10.2. The summed E-state index contributed by atoms with van der Waals surface area (Å²) in [4.78, 5) is 12.4. The third-order valence-electron chi connectivity index (χ3n) is 3.92. The van der Waals surface area contributed by atoms with Gasteiger partial charge in [0.25, 0.3) is 5.91 Å². The highest BCUT2D eigenvalue weighted by Gasteiger charge is 2.14. The standard InChI is InChI=1S/C18H15FN6O/c1-11-8-12(2)24(22-11)17-6-5-13(9-15(17)19)21-18(26)16-10-14-4-3-7-20-25(14)23-16/h3-10H,1-2H3,(H,21,26). The Morgan fingerprint density at radius 2 is 1.96 bits per heavy atom. The second kappa shape index (κ2) is 6.07. The number of aromatic nitrogens is 5. The average molecular weight is 350 g/mol. The first-order chi connectivity index (χ1) is 12.5. The average Bonchev–Trinajstić information content (AvgIpc) is 3.18. The highest BCUT2D eigenvalue weighted by Crippen LogP contribution is 2.20. The van der Waals surface area contributed by atoms with E-state index in [0.717, 1.165) is 11.4 Å². The minimum atomic E-state index is -0.481. The third-order valence-corrected chi connectivity index (χ3v) is 3.92. The molecule has 8 heteroatoms. The number of rotatable bonds is 3. The predicted octanol–water partition coefficient (Wildman–Crippen LogP) is 2.92. The van der Waals surface area contributed by atoms with Gasteiger partial charge in [-0.05, 0) is 56.3 Å². The molecule has 4 aromatic rings. The van der Waals surface area contributed by atoms with Crippen molar-refractivity contribution in [3.05, 3.63) is 71.6 Å². The summed E-state index contributed by atoms with van der Waals surface area (Å²) in [5.41, 5.74) is 3.19. The smallest absolute Gasteiger partial charge is 0.276 e. The van der Waals surface area contributed by atoms with Gasteiger partial charge in [0.2, 0.25) is 0 Å². The highest BCUT2D eigenvalue weighted by atomic mass is 19.1. The number of hydrogen-bond donors (Lipinski definition) is 1. The normalized spacial score (nSPS) is 11.0. The first-order valence-electron chi connectivity index (χ1n) is 7.97. The minimum absolute atomic E-state index is 0.201. The van der Waals surface area contributed by atoms with Crippen LogP contribution >= 0.6 is 0 Å². The van der Waals surface area contributed by atoms with Crippen LogP contribution in [0.3, 0.4) is 0 Å². The number of fused-ring (bicyclic) bond motifs is 1. The Labute approximate surface area is 148 Å². The summed E-state index contributed by atoms with van der Waals surface area (Å²) >= 11 is 0. The molecule has 3 aromatic heterocycles. The Bertz CT molecular complexity index is 1100. The van der Waals surface area contributed by atoms with Crippen LogP contribution < -0.4 is 5.32 Å². The first-order valence-corrected chi connectivity index (χ1v) is 7.97. The van der Waals surface area contributed by atoms with Gasteiger partial charge in [0.1, 0.15) is 5.69 Å². The number of hydrogen-bond acceptors (Lipinski definition) is 4. The van der Waals surface area contributed by atoms with Crippen molar-refractivity contribution in [2.45, 2.75) is 13.8 Å². The van der Waals surface area contributed by atoms with E-state index < -0.39 is 11.7 Å². The second-order valence-electron chi connectivity index (χ2n) is 5.93. The number of nitrogens with zero attached hydrogens (tertiary/aromatic N) is 5. The van der Waals surface area contributed by atoms with Crippen LogP contribution in [0.15, 0.2) is 48.7 Å². The molecule has 1 aromatic carbocycles.